The Morgan fingerprint density at radius 2 is 2.04 bits per heavy atom. The van der Waals surface area contributed by atoms with Gasteiger partial charge in [0.2, 0.25) is 0 Å². The zero-order chi connectivity index (χ0) is 37.1. The van der Waals surface area contributed by atoms with Crippen molar-refractivity contribution in [3.63, 3.8) is 0 Å². The fourth-order valence-electron chi connectivity index (χ4n) is 7.38. The Bertz CT molecular complexity index is 2160. The topological polar surface area (TPSA) is 139 Å². The maximum Gasteiger partial charge on any atom is 0.412 e. The number of ether oxygens (including phenoxy) is 3. The summed E-state index contributed by atoms with van der Waals surface area (Å²) in [6.45, 7) is 6.52. The van der Waals surface area contributed by atoms with Crippen LogP contribution in [0.4, 0.5) is 28.8 Å². The summed E-state index contributed by atoms with van der Waals surface area (Å²) in [5.41, 5.74) is -1.68. The van der Waals surface area contributed by atoms with Crippen molar-refractivity contribution in [3.8, 4) is 23.2 Å². The maximum atomic E-state index is 17.0. The summed E-state index contributed by atoms with van der Waals surface area (Å²) in [5.74, 6) is -1.98. The van der Waals surface area contributed by atoms with E-state index >= 15 is 8.78 Å². The van der Waals surface area contributed by atoms with Crippen LogP contribution in [0.3, 0.4) is 0 Å². The predicted octanol–water partition coefficient (Wildman–Crippen LogP) is 7.84. The summed E-state index contributed by atoms with van der Waals surface area (Å²) in [7, 11) is 1.33. The van der Waals surface area contributed by atoms with Gasteiger partial charge in [-0.1, -0.05) is 17.7 Å². The van der Waals surface area contributed by atoms with Gasteiger partial charge in [0, 0.05) is 35.8 Å². The van der Waals surface area contributed by atoms with E-state index in [0.717, 1.165) is 36.8 Å². The van der Waals surface area contributed by atoms with Crippen LogP contribution in [0.2, 0.25) is 5.02 Å². The second-order valence-electron chi connectivity index (χ2n) is 14.5. The average Bonchev–Trinajstić information content (AvgIpc) is 3.46. The largest absolute Gasteiger partial charge is 0.469 e. The highest BCUT2D eigenvalue weighted by Crippen LogP contribution is 2.47. The Balaban J connectivity index is 1.31. The molecule has 16 heteroatoms. The number of alkyl halides is 1. The van der Waals surface area contributed by atoms with Crippen LogP contribution in [0.15, 0.2) is 18.2 Å². The minimum atomic E-state index is -0.982. The normalized spacial score (nSPS) is 22.6. The Morgan fingerprint density at radius 1 is 1.25 bits per heavy atom. The van der Waals surface area contributed by atoms with Crippen molar-refractivity contribution in [2.45, 2.75) is 63.8 Å². The zero-order valence-electron chi connectivity index (χ0n) is 28.9. The van der Waals surface area contributed by atoms with Crippen molar-refractivity contribution >= 4 is 66.8 Å². The van der Waals surface area contributed by atoms with Gasteiger partial charge in [-0.05, 0) is 70.2 Å². The number of halogens is 4. The fraction of sp³-hybridized carbons (Fsp3) is 0.472. The van der Waals surface area contributed by atoms with E-state index in [4.69, 9.17) is 25.8 Å². The van der Waals surface area contributed by atoms with Crippen LogP contribution in [0.5, 0.6) is 6.01 Å². The van der Waals surface area contributed by atoms with Gasteiger partial charge in [-0.3, -0.25) is 15.0 Å². The first-order chi connectivity index (χ1) is 24.7. The number of nitriles is 1. The molecule has 0 bridgehead atoms. The smallest absolute Gasteiger partial charge is 0.412 e. The standard InChI is InChI=1S/C36H36ClF3N6O5S/c1-35(2,3)51-34(48)45-31-22(13-41)25-19(6-7-24(39)29(25)52-31)26-23(37)11-21-28(27(26)40)43-33(44-30(21)42-14-17-10-20(17)32(47)49-4)50-16-36-8-5-9-46(36)15-18(38)12-36/h6-7,11,17-18,20H,5,8-10,12,14-16H2,1-4H3,(H,45,48)(H,42,43,44)/t17-,18+,20+,36-/m0/s1. The summed E-state index contributed by atoms with van der Waals surface area (Å²) in [6, 6.07) is 5.80. The number of fused-ring (bicyclic) bond motifs is 3. The van der Waals surface area contributed by atoms with Gasteiger partial charge in [-0.25, -0.2) is 18.0 Å². The number of nitrogens with one attached hydrogen (secondary N) is 2. The molecule has 1 amide bonds. The van der Waals surface area contributed by atoms with Crippen LogP contribution in [0, 0.1) is 34.8 Å². The lowest BCUT2D eigenvalue weighted by molar-refractivity contribution is -0.142. The van der Waals surface area contributed by atoms with Gasteiger partial charge < -0.3 is 19.5 Å². The summed E-state index contributed by atoms with van der Waals surface area (Å²) in [5, 5.41) is 16.2. The molecule has 2 aromatic carbocycles. The number of benzene rings is 2. The second-order valence-corrected chi connectivity index (χ2v) is 15.9. The van der Waals surface area contributed by atoms with Crippen LogP contribution in [-0.4, -0.2) is 77.6 Å². The van der Waals surface area contributed by atoms with E-state index < -0.39 is 35.0 Å². The summed E-state index contributed by atoms with van der Waals surface area (Å²) >= 11 is 7.62. The van der Waals surface area contributed by atoms with E-state index in [1.54, 1.807) is 20.8 Å². The van der Waals surface area contributed by atoms with E-state index in [1.165, 1.54) is 19.2 Å². The Hall–Kier alpha value is -4.39. The molecule has 1 saturated carbocycles. The van der Waals surface area contributed by atoms with Gasteiger partial charge in [0.15, 0.2) is 5.82 Å². The number of amides is 1. The number of carbonyl (C=O) groups is 2. The van der Waals surface area contributed by atoms with Gasteiger partial charge in [0.05, 0.1) is 33.9 Å². The summed E-state index contributed by atoms with van der Waals surface area (Å²) in [6.07, 6.45) is 0.731. The van der Waals surface area contributed by atoms with Gasteiger partial charge in [-0.15, -0.1) is 11.3 Å². The number of hydrogen-bond donors (Lipinski definition) is 2. The SMILES string of the molecule is COC(=O)[C@@H]1C[C@H]1CNc1nc(OC[C@@]23CCCN2C[C@H](F)C3)nc2c(F)c(-c3ccc(F)c4sc(NC(=O)OC(C)(C)C)c(C#N)c34)c(Cl)cc12. The molecular weight excluding hydrogens is 721 g/mol. The van der Waals surface area contributed by atoms with Crippen LogP contribution in [0.25, 0.3) is 32.1 Å². The molecule has 2 saturated heterocycles. The van der Waals surface area contributed by atoms with E-state index in [0.29, 0.717) is 25.9 Å². The maximum absolute atomic E-state index is 17.0. The number of methoxy groups -OCH3 is 1. The molecule has 52 heavy (non-hydrogen) atoms. The van der Waals surface area contributed by atoms with Gasteiger partial charge in [-0.2, -0.15) is 15.2 Å². The lowest BCUT2D eigenvalue weighted by Gasteiger charge is -2.30. The number of esters is 1. The number of nitrogens with zero attached hydrogens (tertiary/aromatic N) is 4. The molecule has 0 radical (unpaired) electrons. The molecule has 4 atom stereocenters. The molecule has 2 N–H and O–H groups in total. The molecule has 1 aliphatic carbocycles. The lowest BCUT2D eigenvalue weighted by atomic mass is 9.95. The van der Waals surface area contributed by atoms with E-state index in [9.17, 15) is 19.2 Å². The average molecular weight is 757 g/mol. The molecule has 11 nitrogen and oxygen atoms in total. The van der Waals surface area contributed by atoms with Crippen molar-refractivity contribution in [3.05, 3.63) is 40.4 Å². The number of rotatable bonds is 9. The third kappa shape index (κ3) is 6.68. The quantitative estimate of drug-likeness (QED) is 0.163. The molecule has 2 aliphatic heterocycles. The van der Waals surface area contributed by atoms with Crippen LogP contribution >= 0.6 is 22.9 Å². The fourth-order valence-corrected chi connectivity index (χ4v) is 8.74. The van der Waals surface area contributed by atoms with Crippen LogP contribution in [-0.2, 0) is 14.3 Å². The molecule has 3 fully saturated rings. The van der Waals surface area contributed by atoms with Crippen molar-refractivity contribution in [1.29, 1.82) is 5.26 Å². The zero-order valence-corrected chi connectivity index (χ0v) is 30.4. The summed E-state index contributed by atoms with van der Waals surface area (Å²) < 4.78 is 63.2. The van der Waals surface area contributed by atoms with E-state index in [2.05, 4.69) is 25.5 Å². The first-order valence-electron chi connectivity index (χ1n) is 16.9. The highest BCUT2D eigenvalue weighted by atomic mass is 35.5. The number of thiophene rings is 1. The van der Waals surface area contributed by atoms with Crippen molar-refractivity contribution in [1.82, 2.24) is 14.9 Å². The summed E-state index contributed by atoms with van der Waals surface area (Å²) in [4.78, 5) is 35.8. The van der Waals surface area contributed by atoms with E-state index in [-0.39, 0.29) is 83.9 Å². The molecule has 4 aromatic rings. The van der Waals surface area contributed by atoms with Crippen LogP contribution < -0.4 is 15.4 Å². The molecule has 0 unspecified atom stereocenters. The molecule has 2 aromatic heterocycles. The van der Waals surface area contributed by atoms with Gasteiger partial charge in [0.1, 0.15) is 46.6 Å². The molecule has 3 aliphatic rings. The first kappa shape index (κ1) is 36.0. The number of anilines is 2. The second kappa shape index (κ2) is 13.5. The first-order valence-corrected chi connectivity index (χ1v) is 18.1. The highest BCUT2D eigenvalue weighted by Gasteiger charge is 2.49. The van der Waals surface area contributed by atoms with Crippen molar-refractivity contribution in [2.75, 3.05) is 44.0 Å². The lowest BCUT2D eigenvalue weighted by Crippen LogP contribution is -2.43. The van der Waals surface area contributed by atoms with Crippen LogP contribution in [0.1, 0.15) is 52.0 Å². The Morgan fingerprint density at radius 3 is 2.77 bits per heavy atom. The predicted molar refractivity (Wildman–Crippen MR) is 191 cm³/mol. The van der Waals surface area contributed by atoms with Crippen molar-refractivity contribution < 1.29 is 37.0 Å². The number of aromatic nitrogens is 2. The van der Waals surface area contributed by atoms with Gasteiger partial charge in [0.25, 0.3) is 0 Å². The van der Waals surface area contributed by atoms with Crippen molar-refractivity contribution in [2.24, 2.45) is 11.8 Å². The Kier molecular flexibility index (Phi) is 9.37. The number of carbonyl (C=O) groups excluding carboxylic acids is 2. The molecule has 274 valence electrons. The minimum Gasteiger partial charge on any atom is -0.469 e. The molecular formula is C36H36ClF3N6O5S. The molecule has 7 rings (SSSR count). The third-order valence-electron chi connectivity index (χ3n) is 9.84. The number of hydrogen-bond acceptors (Lipinski definition) is 11. The third-order valence-corrected chi connectivity index (χ3v) is 11.2. The monoisotopic (exact) mass is 756 g/mol. The van der Waals surface area contributed by atoms with Gasteiger partial charge >= 0.3 is 18.1 Å². The Labute approximate surface area is 306 Å². The minimum absolute atomic E-state index is 0.00237. The highest BCUT2D eigenvalue weighted by molar-refractivity contribution is 7.23. The molecule has 4 heterocycles. The van der Waals surface area contributed by atoms with E-state index in [1.807, 2.05) is 6.07 Å². The molecule has 0 spiro atoms.